The molecule has 1 saturated carbocycles. The molecule has 1 aliphatic heterocycles. The highest BCUT2D eigenvalue weighted by Gasteiger charge is 2.34. The summed E-state index contributed by atoms with van der Waals surface area (Å²) in [4.78, 5) is 39.8. The molecule has 2 aromatic rings. The topological polar surface area (TPSA) is 79.6 Å². The summed E-state index contributed by atoms with van der Waals surface area (Å²) in [7, 11) is 0. The predicted octanol–water partition coefficient (Wildman–Crippen LogP) is 3.73. The van der Waals surface area contributed by atoms with Gasteiger partial charge in [0.15, 0.2) is 11.2 Å². The van der Waals surface area contributed by atoms with E-state index in [1.165, 1.54) is 12.5 Å². The third-order valence-electron chi connectivity index (χ3n) is 6.69. The van der Waals surface area contributed by atoms with Crippen LogP contribution in [0.5, 0.6) is 0 Å². The van der Waals surface area contributed by atoms with E-state index in [9.17, 15) is 14.4 Å². The highest BCUT2D eigenvalue weighted by atomic mass is 16.3. The van der Waals surface area contributed by atoms with Crippen molar-refractivity contribution < 1.29 is 14.0 Å². The normalized spacial score (nSPS) is 22.8. The summed E-state index contributed by atoms with van der Waals surface area (Å²) in [5.74, 6) is 0.343. The molecule has 4 rings (SSSR count). The van der Waals surface area contributed by atoms with Crippen molar-refractivity contribution in [3.8, 4) is 0 Å². The van der Waals surface area contributed by atoms with E-state index in [4.69, 9.17) is 4.42 Å². The van der Waals surface area contributed by atoms with Crippen LogP contribution in [-0.2, 0) is 4.79 Å². The van der Waals surface area contributed by atoms with Gasteiger partial charge < -0.3 is 14.6 Å². The minimum Gasteiger partial charge on any atom is -0.451 e. The maximum Gasteiger partial charge on any atom is 0.289 e. The molecule has 1 aromatic heterocycles. The Hall–Kier alpha value is -2.63. The number of rotatable bonds is 4. The minimum absolute atomic E-state index is 0.0817. The summed E-state index contributed by atoms with van der Waals surface area (Å²) in [6, 6.07) is 8.35. The van der Waals surface area contributed by atoms with Crippen LogP contribution in [0.2, 0.25) is 0 Å². The van der Waals surface area contributed by atoms with Crippen molar-refractivity contribution in [3.05, 3.63) is 46.3 Å². The van der Waals surface area contributed by atoms with Gasteiger partial charge in [-0.15, -0.1) is 0 Å². The molecule has 0 unspecified atom stereocenters. The molecule has 160 valence electrons. The number of benzene rings is 1. The van der Waals surface area contributed by atoms with Crippen molar-refractivity contribution in [2.24, 2.45) is 11.8 Å². The molecule has 1 saturated heterocycles. The summed E-state index contributed by atoms with van der Waals surface area (Å²) >= 11 is 0. The second-order valence-corrected chi connectivity index (χ2v) is 8.63. The minimum atomic E-state index is -0.256. The van der Waals surface area contributed by atoms with Crippen molar-refractivity contribution >= 4 is 22.8 Å². The average Bonchev–Trinajstić information content (AvgIpc) is 2.79. The van der Waals surface area contributed by atoms with Gasteiger partial charge in [-0.2, -0.15) is 0 Å². The zero-order valence-electron chi connectivity index (χ0n) is 17.6. The molecule has 2 aliphatic rings. The molecule has 6 nitrogen and oxygen atoms in total. The molecule has 6 heteroatoms. The SMILES string of the molecule is CC[C@@H]1CN(C(=O)c2cc(=O)c3ccccc3o2)CC[C@@H]1NC(=O)C1CCCCC1. The van der Waals surface area contributed by atoms with Crippen molar-refractivity contribution in [3.63, 3.8) is 0 Å². The Bertz CT molecular complexity index is 977. The molecule has 2 heterocycles. The Balaban J connectivity index is 1.44. The Labute approximate surface area is 176 Å². The molecule has 2 fully saturated rings. The molecule has 1 N–H and O–H groups in total. The summed E-state index contributed by atoms with van der Waals surface area (Å²) < 4.78 is 5.74. The van der Waals surface area contributed by atoms with Gasteiger partial charge in [-0.3, -0.25) is 14.4 Å². The van der Waals surface area contributed by atoms with Gasteiger partial charge in [-0.1, -0.05) is 38.3 Å². The van der Waals surface area contributed by atoms with E-state index < -0.39 is 0 Å². The fourth-order valence-electron chi connectivity index (χ4n) is 4.85. The maximum atomic E-state index is 13.0. The quantitative estimate of drug-likeness (QED) is 0.833. The molecule has 1 aliphatic carbocycles. The van der Waals surface area contributed by atoms with Crippen LogP contribution in [0.1, 0.15) is 62.4 Å². The van der Waals surface area contributed by atoms with Gasteiger partial charge in [0, 0.05) is 31.1 Å². The van der Waals surface area contributed by atoms with Gasteiger partial charge in [-0.25, -0.2) is 0 Å². The van der Waals surface area contributed by atoms with Gasteiger partial charge in [0.05, 0.1) is 5.39 Å². The fourth-order valence-corrected chi connectivity index (χ4v) is 4.85. The van der Waals surface area contributed by atoms with Crippen LogP contribution < -0.4 is 10.7 Å². The summed E-state index contributed by atoms with van der Waals surface area (Å²) in [5.41, 5.74) is 0.219. The van der Waals surface area contributed by atoms with E-state index in [-0.39, 0.29) is 40.9 Å². The zero-order chi connectivity index (χ0) is 21.1. The molecule has 30 heavy (non-hydrogen) atoms. The molecule has 2 amide bonds. The number of fused-ring (bicyclic) bond motifs is 1. The van der Waals surface area contributed by atoms with Crippen LogP contribution in [0.25, 0.3) is 11.0 Å². The van der Waals surface area contributed by atoms with Crippen LogP contribution in [0.4, 0.5) is 0 Å². The average molecular weight is 411 g/mol. The number of likely N-dealkylation sites (tertiary alicyclic amines) is 1. The Morgan fingerprint density at radius 1 is 1.13 bits per heavy atom. The number of carbonyl (C=O) groups is 2. The summed E-state index contributed by atoms with van der Waals surface area (Å²) in [6.45, 7) is 3.19. The van der Waals surface area contributed by atoms with Crippen molar-refractivity contribution in [1.29, 1.82) is 0 Å². The van der Waals surface area contributed by atoms with Crippen LogP contribution in [-0.4, -0.2) is 35.8 Å². The first-order valence-corrected chi connectivity index (χ1v) is 11.2. The monoisotopic (exact) mass is 410 g/mol. The number of hydrogen-bond donors (Lipinski definition) is 1. The summed E-state index contributed by atoms with van der Waals surface area (Å²) in [5, 5.41) is 3.75. The second-order valence-electron chi connectivity index (χ2n) is 8.63. The van der Waals surface area contributed by atoms with Crippen molar-refractivity contribution in [2.45, 2.75) is 57.9 Å². The van der Waals surface area contributed by atoms with E-state index in [0.717, 1.165) is 38.5 Å². The first kappa shape index (κ1) is 20.6. The van der Waals surface area contributed by atoms with E-state index in [1.807, 2.05) is 0 Å². The van der Waals surface area contributed by atoms with Gasteiger partial charge in [0.2, 0.25) is 5.91 Å². The molecule has 0 radical (unpaired) electrons. The van der Waals surface area contributed by atoms with Crippen molar-refractivity contribution in [1.82, 2.24) is 10.2 Å². The predicted molar refractivity (Wildman–Crippen MR) is 115 cm³/mol. The molecule has 0 bridgehead atoms. The number of hydrogen-bond acceptors (Lipinski definition) is 4. The van der Waals surface area contributed by atoms with Crippen LogP contribution >= 0.6 is 0 Å². The standard InChI is InChI=1S/C24H30N2O4/c1-2-16-15-26(13-12-19(16)25-23(28)17-8-4-3-5-9-17)24(29)22-14-20(27)18-10-6-7-11-21(18)30-22/h6-7,10-11,14,16-17,19H,2-5,8-9,12-13,15H2,1H3,(H,25,28)/t16-,19+/m1/s1. The molecule has 0 spiro atoms. The van der Waals surface area contributed by atoms with Gasteiger partial charge >= 0.3 is 0 Å². The maximum absolute atomic E-state index is 13.0. The van der Waals surface area contributed by atoms with Crippen LogP contribution in [0, 0.1) is 11.8 Å². The number of nitrogens with one attached hydrogen (secondary N) is 1. The number of piperidine rings is 1. The molecular weight excluding hydrogens is 380 g/mol. The van der Waals surface area contributed by atoms with Crippen LogP contribution in [0.3, 0.4) is 0 Å². The smallest absolute Gasteiger partial charge is 0.289 e. The lowest BCUT2D eigenvalue weighted by atomic mass is 9.86. The van der Waals surface area contributed by atoms with Gasteiger partial charge in [0.1, 0.15) is 5.58 Å². The number of amides is 2. The van der Waals surface area contributed by atoms with E-state index in [2.05, 4.69) is 12.2 Å². The van der Waals surface area contributed by atoms with Crippen LogP contribution in [0.15, 0.2) is 39.5 Å². The van der Waals surface area contributed by atoms with Crippen molar-refractivity contribution in [2.75, 3.05) is 13.1 Å². The first-order valence-electron chi connectivity index (χ1n) is 11.2. The lowest BCUT2D eigenvalue weighted by Crippen LogP contribution is -2.53. The van der Waals surface area contributed by atoms with E-state index in [0.29, 0.717) is 24.1 Å². The van der Waals surface area contributed by atoms with Gasteiger partial charge in [-0.05, 0) is 43.7 Å². The van der Waals surface area contributed by atoms with E-state index >= 15 is 0 Å². The van der Waals surface area contributed by atoms with E-state index in [1.54, 1.807) is 29.2 Å². The number of carbonyl (C=O) groups excluding carboxylic acids is 2. The Kier molecular flexibility index (Phi) is 6.21. The second kappa shape index (κ2) is 9.02. The third-order valence-corrected chi connectivity index (χ3v) is 6.69. The highest BCUT2D eigenvalue weighted by Crippen LogP contribution is 2.26. The lowest BCUT2D eigenvalue weighted by molar-refractivity contribution is -0.127. The molecule has 2 atom stereocenters. The Morgan fingerprint density at radius 2 is 1.90 bits per heavy atom. The molecule has 1 aromatic carbocycles. The zero-order valence-corrected chi connectivity index (χ0v) is 17.6. The lowest BCUT2D eigenvalue weighted by Gasteiger charge is -2.39. The van der Waals surface area contributed by atoms with Gasteiger partial charge in [0.25, 0.3) is 5.91 Å². The highest BCUT2D eigenvalue weighted by molar-refractivity contribution is 5.93. The summed E-state index contributed by atoms with van der Waals surface area (Å²) in [6.07, 6.45) is 7.08. The Morgan fingerprint density at radius 3 is 2.67 bits per heavy atom. The first-order chi connectivity index (χ1) is 14.6. The number of nitrogens with zero attached hydrogens (tertiary/aromatic N) is 1. The number of para-hydroxylation sites is 1. The fraction of sp³-hybridized carbons (Fsp3) is 0.542. The largest absolute Gasteiger partial charge is 0.451 e. The third kappa shape index (κ3) is 4.27. The molecular formula is C24H30N2O4.